The first-order valence-corrected chi connectivity index (χ1v) is 6.77. The third kappa shape index (κ3) is 3.44. The molecule has 0 atom stereocenters. The Kier molecular flexibility index (Phi) is 4.36. The van der Waals surface area contributed by atoms with Gasteiger partial charge in [-0.05, 0) is 25.8 Å². The topological polar surface area (TPSA) is 76.2 Å². The summed E-state index contributed by atoms with van der Waals surface area (Å²) in [5.41, 5.74) is 0.0542. The van der Waals surface area contributed by atoms with Gasteiger partial charge in [0.25, 0.3) is 0 Å². The molecule has 1 aliphatic rings. The van der Waals surface area contributed by atoms with Crippen LogP contribution in [-0.2, 0) is 7.05 Å². The second kappa shape index (κ2) is 6.01. The zero-order chi connectivity index (χ0) is 13.8. The number of hydrogen-bond acceptors (Lipinski definition) is 5. The molecule has 7 heteroatoms. The summed E-state index contributed by atoms with van der Waals surface area (Å²) in [7, 11) is 1.70. The van der Waals surface area contributed by atoms with E-state index >= 15 is 0 Å². The Morgan fingerprint density at radius 1 is 1.53 bits per heavy atom. The second-order valence-electron chi connectivity index (χ2n) is 5.05. The first-order valence-electron chi connectivity index (χ1n) is 6.77. The fraction of sp³-hybridized carbons (Fsp3) is 0.750. The molecule has 0 spiro atoms. The molecule has 1 aromatic heterocycles. The van der Waals surface area contributed by atoms with Gasteiger partial charge in [0.05, 0.1) is 4.92 Å². The van der Waals surface area contributed by atoms with Crippen molar-refractivity contribution in [3.63, 3.8) is 0 Å². The Balaban J connectivity index is 1.94. The zero-order valence-corrected chi connectivity index (χ0v) is 11.5. The normalized spacial score (nSPS) is 17.6. The van der Waals surface area contributed by atoms with Crippen molar-refractivity contribution in [3.8, 4) is 0 Å². The summed E-state index contributed by atoms with van der Waals surface area (Å²) < 4.78 is 1.48. The van der Waals surface area contributed by atoms with Crippen LogP contribution >= 0.6 is 0 Å². The highest BCUT2D eigenvalue weighted by molar-refractivity contribution is 5.55. The summed E-state index contributed by atoms with van der Waals surface area (Å²) >= 11 is 0. The van der Waals surface area contributed by atoms with Crippen LogP contribution in [0.5, 0.6) is 0 Å². The lowest BCUT2D eigenvalue weighted by molar-refractivity contribution is -0.384. The molecule has 1 saturated heterocycles. The number of anilines is 1. The largest absolute Gasteiger partial charge is 0.360 e. The van der Waals surface area contributed by atoms with Crippen molar-refractivity contribution in [2.45, 2.75) is 32.2 Å². The Bertz CT molecular complexity index is 437. The zero-order valence-electron chi connectivity index (χ0n) is 11.5. The van der Waals surface area contributed by atoms with Crippen molar-refractivity contribution in [2.75, 3.05) is 25.0 Å². The molecule has 0 radical (unpaired) electrons. The predicted molar refractivity (Wildman–Crippen MR) is 73.2 cm³/mol. The van der Waals surface area contributed by atoms with Crippen molar-refractivity contribution < 1.29 is 4.92 Å². The molecule has 0 bridgehead atoms. The molecule has 1 aliphatic heterocycles. The maximum atomic E-state index is 10.9. The quantitative estimate of drug-likeness (QED) is 0.648. The lowest BCUT2D eigenvalue weighted by atomic mass is 10.0. The third-order valence-electron chi connectivity index (χ3n) is 3.47. The number of aryl methyl sites for hydroxylation is 1. The van der Waals surface area contributed by atoms with E-state index in [0.29, 0.717) is 5.82 Å². The molecular weight excluding hydrogens is 246 g/mol. The Morgan fingerprint density at radius 3 is 2.79 bits per heavy atom. The number of nitro groups is 1. The number of nitrogens with one attached hydrogen (secondary N) is 1. The van der Waals surface area contributed by atoms with Gasteiger partial charge in [0.2, 0.25) is 5.82 Å². The molecule has 0 unspecified atom stereocenters. The fourth-order valence-electron chi connectivity index (χ4n) is 2.52. The summed E-state index contributed by atoms with van der Waals surface area (Å²) in [6.07, 6.45) is 4.62. The lowest BCUT2D eigenvalue weighted by Gasteiger charge is -2.31. The van der Waals surface area contributed by atoms with Gasteiger partial charge in [0, 0.05) is 26.2 Å². The van der Waals surface area contributed by atoms with Crippen molar-refractivity contribution in [1.29, 1.82) is 0 Å². The highest BCUT2D eigenvalue weighted by Crippen LogP contribution is 2.24. The van der Waals surface area contributed by atoms with Crippen LogP contribution in [0.3, 0.4) is 0 Å². The van der Waals surface area contributed by atoms with Crippen molar-refractivity contribution in [1.82, 2.24) is 14.7 Å². The van der Waals surface area contributed by atoms with Gasteiger partial charge in [-0.1, -0.05) is 6.92 Å². The van der Waals surface area contributed by atoms with Crippen LogP contribution in [0.25, 0.3) is 0 Å². The van der Waals surface area contributed by atoms with E-state index in [0.717, 1.165) is 32.5 Å². The number of nitrogens with zero attached hydrogens (tertiary/aromatic N) is 4. The number of rotatable bonds is 5. The fourth-order valence-corrected chi connectivity index (χ4v) is 2.52. The highest BCUT2D eigenvalue weighted by Gasteiger charge is 2.24. The van der Waals surface area contributed by atoms with Gasteiger partial charge >= 0.3 is 5.69 Å². The second-order valence-corrected chi connectivity index (χ2v) is 5.05. The molecule has 0 aliphatic carbocycles. The molecule has 1 aromatic rings. The summed E-state index contributed by atoms with van der Waals surface area (Å²) in [4.78, 5) is 13.0. The van der Waals surface area contributed by atoms with Crippen LogP contribution in [0.1, 0.15) is 26.2 Å². The molecule has 0 aromatic carbocycles. The molecule has 106 valence electrons. The van der Waals surface area contributed by atoms with Crippen LogP contribution in [0, 0.1) is 10.1 Å². The highest BCUT2D eigenvalue weighted by atomic mass is 16.6. The molecule has 7 nitrogen and oxygen atoms in total. The van der Waals surface area contributed by atoms with Gasteiger partial charge in [-0.25, -0.2) is 0 Å². The molecule has 0 amide bonds. The Labute approximate surface area is 112 Å². The van der Waals surface area contributed by atoms with E-state index in [1.54, 1.807) is 7.05 Å². The van der Waals surface area contributed by atoms with Crippen LogP contribution in [-0.4, -0.2) is 45.3 Å². The van der Waals surface area contributed by atoms with Crippen LogP contribution in [0.15, 0.2) is 6.20 Å². The minimum atomic E-state index is -0.387. The van der Waals surface area contributed by atoms with Crippen molar-refractivity contribution in [2.24, 2.45) is 7.05 Å². The van der Waals surface area contributed by atoms with Gasteiger partial charge in [-0.2, -0.15) is 0 Å². The molecule has 1 fully saturated rings. The van der Waals surface area contributed by atoms with Crippen molar-refractivity contribution >= 4 is 11.5 Å². The minimum absolute atomic E-state index is 0.0542. The standard InChI is InChI=1S/C12H21N5O2/c1-3-6-16-7-4-10(5-8-16)13-12-11(17(18)19)9-15(2)14-12/h9-10H,3-8H2,1-2H3,(H,13,14). The van der Waals surface area contributed by atoms with Gasteiger partial charge in [0.15, 0.2) is 0 Å². The lowest BCUT2D eigenvalue weighted by Crippen LogP contribution is -2.39. The molecule has 1 N–H and O–H groups in total. The smallest absolute Gasteiger partial charge is 0.330 e. The Morgan fingerprint density at radius 2 is 2.21 bits per heavy atom. The summed E-state index contributed by atoms with van der Waals surface area (Å²) in [6.45, 7) is 5.41. The summed E-state index contributed by atoms with van der Waals surface area (Å²) in [5, 5.41) is 18.3. The van der Waals surface area contributed by atoms with E-state index in [4.69, 9.17) is 0 Å². The average Bonchev–Trinajstić information content (AvgIpc) is 2.73. The number of piperidine rings is 1. The van der Waals surface area contributed by atoms with E-state index < -0.39 is 0 Å². The van der Waals surface area contributed by atoms with E-state index in [-0.39, 0.29) is 16.7 Å². The van der Waals surface area contributed by atoms with Gasteiger partial charge in [-0.15, -0.1) is 5.10 Å². The average molecular weight is 267 g/mol. The first kappa shape index (κ1) is 13.8. The maximum absolute atomic E-state index is 10.9. The molecule has 2 heterocycles. The monoisotopic (exact) mass is 267 g/mol. The van der Waals surface area contributed by atoms with E-state index in [1.807, 2.05) is 0 Å². The van der Waals surface area contributed by atoms with Crippen LogP contribution in [0.2, 0.25) is 0 Å². The first-order chi connectivity index (χ1) is 9.10. The minimum Gasteiger partial charge on any atom is -0.360 e. The van der Waals surface area contributed by atoms with Crippen molar-refractivity contribution in [3.05, 3.63) is 16.3 Å². The molecule has 2 rings (SSSR count). The molecule has 0 saturated carbocycles. The third-order valence-corrected chi connectivity index (χ3v) is 3.47. The summed E-state index contributed by atoms with van der Waals surface area (Å²) in [6, 6.07) is 0.279. The van der Waals surface area contributed by atoms with Gasteiger partial charge in [0.1, 0.15) is 6.20 Å². The van der Waals surface area contributed by atoms with Gasteiger partial charge < -0.3 is 10.2 Å². The van der Waals surface area contributed by atoms with E-state index in [2.05, 4.69) is 22.2 Å². The van der Waals surface area contributed by atoms with E-state index in [1.165, 1.54) is 17.3 Å². The number of hydrogen-bond donors (Lipinski definition) is 1. The predicted octanol–water partition coefficient (Wildman–Crippen LogP) is 1.61. The maximum Gasteiger partial charge on any atom is 0.330 e. The van der Waals surface area contributed by atoms with Gasteiger partial charge in [-0.3, -0.25) is 14.8 Å². The number of aromatic nitrogens is 2. The summed E-state index contributed by atoms with van der Waals surface area (Å²) in [5.74, 6) is 0.390. The SMILES string of the molecule is CCCN1CCC(Nc2nn(C)cc2[N+](=O)[O-])CC1. The van der Waals surface area contributed by atoms with E-state index in [9.17, 15) is 10.1 Å². The molecule has 19 heavy (non-hydrogen) atoms. The van der Waals surface area contributed by atoms with Crippen LogP contribution in [0.4, 0.5) is 11.5 Å². The number of likely N-dealkylation sites (tertiary alicyclic amines) is 1. The molecular formula is C12H21N5O2. The van der Waals surface area contributed by atoms with Crippen LogP contribution < -0.4 is 5.32 Å². The Hall–Kier alpha value is -1.63.